The summed E-state index contributed by atoms with van der Waals surface area (Å²) < 4.78 is 5.80. The van der Waals surface area contributed by atoms with E-state index in [2.05, 4.69) is 50.5 Å². The van der Waals surface area contributed by atoms with Gasteiger partial charge in [0, 0.05) is 45.2 Å². The van der Waals surface area contributed by atoms with Crippen LogP contribution in [0.25, 0.3) is 0 Å². The minimum absolute atomic E-state index is 0.274. The van der Waals surface area contributed by atoms with E-state index in [4.69, 9.17) is 4.74 Å². The number of hydrogen-bond acceptors (Lipinski definition) is 5. The molecule has 1 saturated heterocycles. The average Bonchev–Trinajstić information content (AvgIpc) is 2.64. The molecular weight excluding hydrogens is 300 g/mol. The Kier molecular flexibility index (Phi) is 5.77. The fourth-order valence-electron chi connectivity index (χ4n) is 3.41. The van der Waals surface area contributed by atoms with Crippen LogP contribution in [0.3, 0.4) is 0 Å². The van der Waals surface area contributed by atoms with Crippen molar-refractivity contribution in [3.8, 4) is 0 Å². The smallest absolute Gasteiger partial charge is 0.222 e. The summed E-state index contributed by atoms with van der Waals surface area (Å²) in [7, 11) is 3.66. The van der Waals surface area contributed by atoms with Crippen molar-refractivity contribution < 1.29 is 4.74 Å². The van der Waals surface area contributed by atoms with Crippen LogP contribution in [0, 0.1) is 5.92 Å². The first-order chi connectivity index (χ1) is 11.8. The van der Waals surface area contributed by atoms with Gasteiger partial charge in [0.25, 0.3) is 0 Å². The molecule has 24 heavy (non-hydrogen) atoms. The minimum atomic E-state index is 0.274. The molecule has 1 fully saturated rings. The zero-order valence-corrected chi connectivity index (χ0v) is 14.5. The number of aromatic nitrogens is 2. The standard InChI is InChI=1S/C19H26N4O/c1-20-19-21-11-16(12-22-19)13-23-9-8-17(18(14-23)24-2)10-15-6-4-3-5-7-15/h3-7,11-12,17-18H,8-10,13-14H2,1-2H3,(H,20,21,22)/t17-,18-/m1/s1. The van der Waals surface area contributed by atoms with E-state index in [1.54, 1.807) is 0 Å². The lowest BCUT2D eigenvalue weighted by atomic mass is 9.87. The van der Waals surface area contributed by atoms with E-state index >= 15 is 0 Å². The number of ether oxygens (including phenoxy) is 1. The normalized spacial score (nSPS) is 21.6. The highest BCUT2D eigenvalue weighted by Gasteiger charge is 2.29. The van der Waals surface area contributed by atoms with Crippen LogP contribution in [0.15, 0.2) is 42.7 Å². The quantitative estimate of drug-likeness (QED) is 0.884. The Labute approximate surface area is 144 Å². The highest BCUT2D eigenvalue weighted by Crippen LogP contribution is 2.25. The van der Waals surface area contributed by atoms with E-state index in [9.17, 15) is 0 Å². The van der Waals surface area contributed by atoms with E-state index in [0.717, 1.165) is 38.0 Å². The Morgan fingerprint density at radius 2 is 1.92 bits per heavy atom. The Morgan fingerprint density at radius 1 is 1.17 bits per heavy atom. The Balaban J connectivity index is 1.57. The molecule has 5 heteroatoms. The maximum absolute atomic E-state index is 5.80. The van der Waals surface area contributed by atoms with Gasteiger partial charge in [-0.05, 0) is 30.9 Å². The van der Waals surface area contributed by atoms with Crippen molar-refractivity contribution in [2.45, 2.75) is 25.5 Å². The third-order valence-electron chi connectivity index (χ3n) is 4.76. The number of rotatable bonds is 6. The molecule has 0 spiro atoms. The first-order valence-corrected chi connectivity index (χ1v) is 8.56. The summed E-state index contributed by atoms with van der Waals surface area (Å²) in [6.07, 6.45) is 6.32. The molecule has 1 aromatic carbocycles. The van der Waals surface area contributed by atoms with E-state index in [1.165, 1.54) is 5.56 Å². The summed E-state index contributed by atoms with van der Waals surface area (Å²) >= 11 is 0. The molecule has 0 amide bonds. The molecule has 0 unspecified atom stereocenters. The van der Waals surface area contributed by atoms with Gasteiger partial charge in [0.1, 0.15) is 0 Å². The number of likely N-dealkylation sites (tertiary alicyclic amines) is 1. The molecule has 0 aliphatic carbocycles. The lowest BCUT2D eigenvalue weighted by Crippen LogP contribution is -2.45. The highest BCUT2D eigenvalue weighted by molar-refractivity contribution is 5.23. The number of piperidine rings is 1. The van der Waals surface area contributed by atoms with Gasteiger partial charge in [0.15, 0.2) is 0 Å². The molecule has 0 bridgehead atoms. The highest BCUT2D eigenvalue weighted by atomic mass is 16.5. The van der Waals surface area contributed by atoms with Gasteiger partial charge in [-0.15, -0.1) is 0 Å². The molecule has 1 N–H and O–H groups in total. The summed E-state index contributed by atoms with van der Waals surface area (Å²) in [6.45, 7) is 2.93. The fourth-order valence-corrected chi connectivity index (χ4v) is 3.41. The second-order valence-electron chi connectivity index (χ2n) is 6.41. The van der Waals surface area contributed by atoms with Crippen molar-refractivity contribution in [2.24, 2.45) is 5.92 Å². The van der Waals surface area contributed by atoms with Gasteiger partial charge < -0.3 is 10.1 Å². The summed E-state index contributed by atoms with van der Waals surface area (Å²) in [5.41, 5.74) is 2.54. The number of methoxy groups -OCH3 is 1. The van der Waals surface area contributed by atoms with Gasteiger partial charge in [-0.3, -0.25) is 4.90 Å². The van der Waals surface area contributed by atoms with Gasteiger partial charge >= 0.3 is 0 Å². The van der Waals surface area contributed by atoms with Gasteiger partial charge in [-0.25, -0.2) is 9.97 Å². The molecule has 2 heterocycles. The predicted molar refractivity (Wildman–Crippen MR) is 95.9 cm³/mol. The van der Waals surface area contributed by atoms with E-state index in [0.29, 0.717) is 11.9 Å². The summed E-state index contributed by atoms with van der Waals surface area (Å²) in [5, 5.41) is 2.95. The molecular formula is C19H26N4O. The van der Waals surface area contributed by atoms with Crippen LogP contribution in [-0.4, -0.2) is 48.2 Å². The largest absolute Gasteiger partial charge is 0.380 e. The van der Waals surface area contributed by atoms with Crippen molar-refractivity contribution >= 4 is 5.95 Å². The third kappa shape index (κ3) is 4.30. The number of benzene rings is 1. The Hall–Kier alpha value is -1.98. The first kappa shape index (κ1) is 16.9. The minimum Gasteiger partial charge on any atom is -0.380 e. The van der Waals surface area contributed by atoms with Crippen LogP contribution in [0.1, 0.15) is 17.5 Å². The van der Waals surface area contributed by atoms with Crippen LogP contribution < -0.4 is 5.32 Å². The SMILES string of the molecule is CNc1ncc(CN2CC[C@H](Cc3ccccc3)[C@H](OC)C2)cn1. The Morgan fingerprint density at radius 3 is 2.58 bits per heavy atom. The zero-order chi connectivity index (χ0) is 16.8. The van der Waals surface area contributed by atoms with Crippen LogP contribution in [0.5, 0.6) is 0 Å². The van der Waals surface area contributed by atoms with E-state index < -0.39 is 0 Å². The van der Waals surface area contributed by atoms with Crippen molar-refractivity contribution in [2.75, 3.05) is 32.6 Å². The van der Waals surface area contributed by atoms with Crippen LogP contribution in [-0.2, 0) is 17.7 Å². The van der Waals surface area contributed by atoms with Crippen molar-refractivity contribution in [1.29, 1.82) is 0 Å². The maximum atomic E-state index is 5.80. The number of hydrogen-bond donors (Lipinski definition) is 1. The van der Waals surface area contributed by atoms with E-state index in [1.807, 2.05) is 26.6 Å². The third-order valence-corrected chi connectivity index (χ3v) is 4.76. The lowest BCUT2D eigenvalue weighted by Gasteiger charge is -2.38. The van der Waals surface area contributed by atoms with E-state index in [-0.39, 0.29) is 6.10 Å². The molecule has 1 aromatic heterocycles. The molecule has 1 aliphatic rings. The molecule has 0 saturated carbocycles. The summed E-state index contributed by atoms with van der Waals surface area (Å²) in [6, 6.07) is 10.7. The van der Waals surface area contributed by atoms with Gasteiger partial charge in [-0.2, -0.15) is 0 Å². The molecule has 1 aliphatic heterocycles. The molecule has 128 valence electrons. The zero-order valence-electron chi connectivity index (χ0n) is 14.5. The monoisotopic (exact) mass is 326 g/mol. The molecule has 2 atom stereocenters. The average molecular weight is 326 g/mol. The summed E-state index contributed by atoms with van der Waals surface area (Å²) in [4.78, 5) is 11.0. The number of nitrogens with zero attached hydrogens (tertiary/aromatic N) is 3. The number of anilines is 1. The molecule has 5 nitrogen and oxygen atoms in total. The lowest BCUT2D eigenvalue weighted by molar-refractivity contribution is -0.0136. The van der Waals surface area contributed by atoms with Crippen LogP contribution in [0.4, 0.5) is 5.95 Å². The fraction of sp³-hybridized carbons (Fsp3) is 0.474. The first-order valence-electron chi connectivity index (χ1n) is 8.56. The van der Waals surface area contributed by atoms with Crippen molar-refractivity contribution in [3.63, 3.8) is 0 Å². The number of nitrogens with one attached hydrogen (secondary N) is 1. The van der Waals surface area contributed by atoms with Crippen molar-refractivity contribution in [1.82, 2.24) is 14.9 Å². The second kappa shape index (κ2) is 8.22. The van der Waals surface area contributed by atoms with Gasteiger partial charge in [0.05, 0.1) is 6.10 Å². The topological polar surface area (TPSA) is 50.3 Å². The Bertz CT molecular complexity index is 617. The molecule has 3 rings (SSSR count). The van der Waals surface area contributed by atoms with Gasteiger partial charge in [0.2, 0.25) is 5.95 Å². The molecule has 0 radical (unpaired) electrons. The second-order valence-corrected chi connectivity index (χ2v) is 6.41. The van der Waals surface area contributed by atoms with Crippen LogP contribution in [0.2, 0.25) is 0 Å². The predicted octanol–water partition coefficient (Wildman–Crippen LogP) is 2.60. The summed E-state index contributed by atoms with van der Waals surface area (Å²) in [5.74, 6) is 1.24. The van der Waals surface area contributed by atoms with Crippen LogP contribution >= 0.6 is 0 Å². The van der Waals surface area contributed by atoms with Gasteiger partial charge in [-0.1, -0.05) is 30.3 Å². The van der Waals surface area contributed by atoms with Crippen molar-refractivity contribution in [3.05, 3.63) is 53.9 Å². The maximum Gasteiger partial charge on any atom is 0.222 e. The molecule has 2 aromatic rings.